The molecule has 1 atom stereocenters. The minimum Gasteiger partial charge on any atom is -0.349 e. The summed E-state index contributed by atoms with van der Waals surface area (Å²) in [6.07, 6.45) is 1.82. The Kier molecular flexibility index (Phi) is 4.69. The maximum Gasteiger partial charge on any atom is 0.276 e. The summed E-state index contributed by atoms with van der Waals surface area (Å²) >= 11 is 2.62. The topological polar surface area (TPSA) is 75.2 Å². The number of rotatable bonds is 5. The van der Waals surface area contributed by atoms with Crippen LogP contribution in [-0.4, -0.2) is 37.9 Å². The molecular formula is C16H20N4O2S2. The monoisotopic (exact) mass is 364 g/mol. The van der Waals surface area contributed by atoms with Gasteiger partial charge in [-0.1, -0.05) is 10.6 Å². The average molecular weight is 364 g/mol. The van der Waals surface area contributed by atoms with Crippen LogP contribution in [-0.2, 0) is 4.79 Å². The zero-order valence-electron chi connectivity index (χ0n) is 13.9. The summed E-state index contributed by atoms with van der Waals surface area (Å²) in [5, 5.41) is 10.5. The first kappa shape index (κ1) is 17.0. The van der Waals surface area contributed by atoms with E-state index < -0.39 is 6.04 Å². The van der Waals surface area contributed by atoms with Gasteiger partial charge in [-0.15, -0.1) is 16.4 Å². The van der Waals surface area contributed by atoms with Crippen LogP contribution in [0, 0.1) is 0 Å². The van der Waals surface area contributed by atoms with Gasteiger partial charge < -0.3 is 10.2 Å². The van der Waals surface area contributed by atoms with Gasteiger partial charge in [-0.2, -0.15) is 0 Å². The van der Waals surface area contributed by atoms with E-state index in [0.717, 1.165) is 29.3 Å². The van der Waals surface area contributed by atoms with Gasteiger partial charge in [0, 0.05) is 21.8 Å². The minimum absolute atomic E-state index is 0.0806. The van der Waals surface area contributed by atoms with Crippen molar-refractivity contribution < 1.29 is 9.59 Å². The Morgan fingerprint density at radius 2 is 2.12 bits per heavy atom. The summed E-state index contributed by atoms with van der Waals surface area (Å²) in [6, 6.07) is 3.25. The molecule has 8 heteroatoms. The quantitative estimate of drug-likeness (QED) is 0.885. The molecule has 0 aromatic carbocycles. The van der Waals surface area contributed by atoms with Gasteiger partial charge in [-0.3, -0.25) is 9.59 Å². The van der Waals surface area contributed by atoms with Gasteiger partial charge in [0.05, 0.1) is 0 Å². The molecule has 6 nitrogen and oxygen atoms in total. The van der Waals surface area contributed by atoms with Crippen molar-refractivity contribution in [2.45, 2.75) is 51.2 Å². The first-order valence-corrected chi connectivity index (χ1v) is 9.53. The van der Waals surface area contributed by atoms with Gasteiger partial charge in [0.1, 0.15) is 6.04 Å². The maximum atomic E-state index is 13.0. The minimum atomic E-state index is -0.633. The van der Waals surface area contributed by atoms with E-state index in [4.69, 9.17) is 0 Å². The number of hydrogen-bond donors (Lipinski definition) is 1. The maximum absolute atomic E-state index is 13.0. The highest BCUT2D eigenvalue weighted by molar-refractivity contribution is 7.10. The lowest BCUT2D eigenvalue weighted by molar-refractivity contribution is -0.127. The first-order chi connectivity index (χ1) is 11.4. The standard InChI is InChI=1S/C16H20N4O2S2/c1-16(2,3)17-14(21)13(12-5-4-8-23-12)20(10-6-7-10)15(22)11-9-24-19-18-11/h4-5,8-10,13H,6-7H2,1-3H3,(H,17,21)/t13-/m1/s1. The van der Waals surface area contributed by atoms with Crippen LogP contribution in [0.25, 0.3) is 0 Å². The third kappa shape index (κ3) is 3.81. The van der Waals surface area contributed by atoms with Crippen molar-refractivity contribution in [3.05, 3.63) is 33.5 Å². The number of aromatic nitrogens is 2. The molecule has 2 amide bonds. The number of thiophene rings is 1. The lowest BCUT2D eigenvalue weighted by atomic mass is 10.1. The molecule has 1 N–H and O–H groups in total. The Balaban J connectivity index is 1.96. The van der Waals surface area contributed by atoms with Gasteiger partial charge in [0.15, 0.2) is 5.69 Å². The number of amides is 2. The molecule has 1 aliphatic carbocycles. The van der Waals surface area contributed by atoms with Crippen molar-refractivity contribution in [1.29, 1.82) is 0 Å². The van der Waals surface area contributed by atoms with E-state index in [0.29, 0.717) is 5.69 Å². The average Bonchev–Trinajstić information content (AvgIpc) is 3.00. The smallest absolute Gasteiger partial charge is 0.276 e. The molecule has 0 aliphatic heterocycles. The van der Waals surface area contributed by atoms with E-state index in [9.17, 15) is 9.59 Å². The van der Waals surface area contributed by atoms with Crippen molar-refractivity contribution >= 4 is 34.7 Å². The highest BCUT2D eigenvalue weighted by atomic mass is 32.1. The van der Waals surface area contributed by atoms with Gasteiger partial charge in [-0.25, -0.2) is 0 Å². The van der Waals surface area contributed by atoms with Gasteiger partial charge in [-0.05, 0) is 56.6 Å². The fraction of sp³-hybridized carbons (Fsp3) is 0.500. The lowest BCUT2D eigenvalue weighted by Gasteiger charge is -2.32. The Hall–Kier alpha value is -1.80. The Labute approximate surface area is 149 Å². The van der Waals surface area contributed by atoms with E-state index >= 15 is 0 Å². The number of nitrogens with zero attached hydrogens (tertiary/aromatic N) is 3. The van der Waals surface area contributed by atoms with E-state index in [1.807, 2.05) is 38.3 Å². The third-order valence-electron chi connectivity index (χ3n) is 3.59. The molecule has 3 rings (SSSR count). The molecule has 1 aliphatic rings. The lowest BCUT2D eigenvalue weighted by Crippen LogP contribution is -2.49. The fourth-order valence-corrected chi connectivity index (χ4v) is 3.77. The predicted molar refractivity (Wildman–Crippen MR) is 94.1 cm³/mol. The fourth-order valence-electron chi connectivity index (χ4n) is 2.51. The number of carbonyl (C=O) groups is 2. The second-order valence-electron chi connectivity index (χ2n) is 6.89. The van der Waals surface area contributed by atoms with Crippen LogP contribution in [0.3, 0.4) is 0 Å². The molecule has 0 radical (unpaired) electrons. The summed E-state index contributed by atoms with van der Waals surface area (Å²) in [7, 11) is 0. The van der Waals surface area contributed by atoms with Crippen molar-refractivity contribution in [3.8, 4) is 0 Å². The second-order valence-corrected chi connectivity index (χ2v) is 8.48. The molecule has 0 bridgehead atoms. The molecule has 128 valence electrons. The number of nitrogens with one attached hydrogen (secondary N) is 1. The molecule has 24 heavy (non-hydrogen) atoms. The van der Waals surface area contributed by atoms with Gasteiger partial charge in [0.2, 0.25) is 5.91 Å². The number of carbonyl (C=O) groups excluding carboxylic acids is 2. The van der Waals surface area contributed by atoms with Crippen molar-refractivity contribution in [3.63, 3.8) is 0 Å². The zero-order chi connectivity index (χ0) is 17.3. The summed E-state index contributed by atoms with van der Waals surface area (Å²) in [5.41, 5.74) is -0.0652. The highest BCUT2D eigenvalue weighted by Gasteiger charge is 2.43. The Morgan fingerprint density at radius 1 is 1.38 bits per heavy atom. The third-order valence-corrected chi connectivity index (χ3v) is 5.02. The number of hydrogen-bond acceptors (Lipinski definition) is 6. The summed E-state index contributed by atoms with van der Waals surface area (Å²) in [5.74, 6) is -0.387. The highest BCUT2D eigenvalue weighted by Crippen LogP contribution is 2.37. The normalized spacial score (nSPS) is 15.8. The molecule has 2 aromatic rings. The van der Waals surface area contributed by atoms with Crippen LogP contribution in [0.1, 0.15) is 55.0 Å². The van der Waals surface area contributed by atoms with Crippen LogP contribution in [0.15, 0.2) is 22.9 Å². The molecule has 0 spiro atoms. The van der Waals surface area contributed by atoms with Crippen molar-refractivity contribution in [2.24, 2.45) is 0 Å². The van der Waals surface area contributed by atoms with Crippen molar-refractivity contribution in [2.75, 3.05) is 0 Å². The van der Waals surface area contributed by atoms with Gasteiger partial charge in [0.25, 0.3) is 5.91 Å². The van der Waals surface area contributed by atoms with Crippen LogP contribution >= 0.6 is 22.9 Å². The molecule has 1 fully saturated rings. The van der Waals surface area contributed by atoms with E-state index in [1.165, 1.54) is 11.3 Å². The molecule has 2 heterocycles. The van der Waals surface area contributed by atoms with Crippen LogP contribution in [0.5, 0.6) is 0 Å². The van der Waals surface area contributed by atoms with Crippen molar-refractivity contribution in [1.82, 2.24) is 19.8 Å². The summed E-state index contributed by atoms with van der Waals surface area (Å²) < 4.78 is 3.78. The second kappa shape index (κ2) is 6.60. The zero-order valence-corrected chi connectivity index (χ0v) is 15.5. The van der Waals surface area contributed by atoms with E-state index in [-0.39, 0.29) is 23.4 Å². The van der Waals surface area contributed by atoms with Crippen LogP contribution < -0.4 is 5.32 Å². The van der Waals surface area contributed by atoms with Gasteiger partial charge >= 0.3 is 0 Å². The summed E-state index contributed by atoms with van der Waals surface area (Å²) in [6.45, 7) is 5.80. The Bertz CT molecular complexity index is 703. The van der Waals surface area contributed by atoms with E-state index in [2.05, 4.69) is 14.9 Å². The largest absolute Gasteiger partial charge is 0.349 e. The van der Waals surface area contributed by atoms with Crippen LogP contribution in [0.2, 0.25) is 0 Å². The molecule has 0 unspecified atom stereocenters. The van der Waals surface area contributed by atoms with Crippen LogP contribution in [0.4, 0.5) is 0 Å². The SMILES string of the molecule is CC(C)(C)NC(=O)[C@@H](c1cccs1)N(C(=O)c1csnn1)C1CC1. The Morgan fingerprint density at radius 3 is 2.62 bits per heavy atom. The molecule has 2 aromatic heterocycles. The molecular weight excluding hydrogens is 344 g/mol. The first-order valence-electron chi connectivity index (χ1n) is 7.82. The summed E-state index contributed by atoms with van der Waals surface area (Å²) in [4.78, 5) is 28.5. The molecule has 1 saturated carbocycles. The predicted octanol–water partition coefficient (Wildman–Crippen LogP) is 2.86. The van der Waals surface area contributed by atoms with E-state index in [1.54, 1.807) is 10.3 Å². The molecule has 0 saturated heterocycles.